The molecule has 0 aromatic heterocycles. The van der Waals surface area contributed by atoms with Crippen LogP contribution in [0, 0.1) is 5.39 Å². The molecule has 0 amide bonds. The third-order valence-electron chi connectivity index (χ3n) is 3.11. The van der Waals surface area contributed by atoms with Crippen LogP contribution in [0.15, 0.2) is 54.2 Å². The number of benzene rings is 2. The largest absolute Gasteiger partial charge is 0.455 e. The summed E-state index contributed by atoms with van der Waals surface area (Å²) >= 11 is 5.84. The number of carbonyl (C=O) groups is 1. The molecular weight excluding hydrogens is 274 g/mol. The van der Waals surface area contributed by atoms with E-state index in [1.54, 1.807) is 36.4 Å². The minimum absolute atomic E-state index is 0.0150. The summed E-state index contributed by atoms with van der Waals surface area (Å²) in [6.07, 6.45) is 0. The van der Waals surface area contributed by atoms with Crippen molar-refractivity contribution in [2.45, 2.75) is 0 Å². The lowest BCUT2D eigenvalue weighted by atomic mass is 10.1. The van der Waals surface area contributed by atoms with E-state index >= 15 is 0 Å². The molecule has 2 aromatic rings. The Morgan fingerprint density at radius 2 is 1.65 bits per heavy atom. The molecule has 0 unspecified atom stereocenters. The maximum Gasteiger partial charge on any atom is 0.455 e. The molecule has 0 saturated carbocycles. The van der Waals surface area contributed by atoms with E-state index in [9.17, 15) is 4.79 Å². The van der Waals surface area contributed by atoms with E-state index < -0.39 is 0 Å². The Hall–Kier alpha value is -2.64. The lowest BCUT2D eigenvalue weighted by Gasteiger charge is -2.06. The van der Waals surface area contributed by atoms with Gasteiger partial charge in [-0.1, -0.05) is 35.9 Å². The van der Waals surface area contributed by atoms with Crippen LogP contribution >= 0.6 is 11.6 Å². The zero-order chi connectivity index (χ0) is 14.1. The van der Waals surface area contributed by atoms with E-state index in [0.29, 0.717) is 16.3 Å². The minimum Gasteiger partial charge on any atom is -0.348 e. The second-order valence-electron chi connectivity index (χ2n) is 4.33. The van der Waals surface area contributed by atoms with Crippen LogP contribution < -0.4 is 5.32 Å². The maximum atomic E-state index is 12.1. The van der Waals surface area contributed by atoms with Crippen LogP contribution in [0.1, 0.15) is 15.9 Å². The first-order valence-corrected chi connectivity index (χ1v) is 6.34. The molecule has 0 saturated heterocycles. The second-order valence-corrected chi connectivity index (χ2v) is 4.77. The monoisotopic (exact) mass is 282 g/mol. The first kappa shape index (κ1) is 12.4. The van der Waals surface area contributed by atoms with Gasteiger partial charge in [0.05, 0.1) is 0 Å². The number of anilines is 1. The van der Waals surface area contributed by atoms with Crippen molar-refractivity contribution in [1.29, 1.82) is 5.39 Å². The van der Waals surface area contributed by atoms with E-state index in [1.807, 2.05) is 12.1 Å². The summed E-state index contributed by atoms with van der Waals surface area (Å²) in [6, 6.07) is 14.2. The Morgan fingerprint density at radius 1 is 1.00 bits per heavy atom. The standard InChI is InChI=1S/C15H8ClN3O/c16-9-5-7-10(8-6-9)18-13-11-3-1-2-4-12(11)15(20)14(13)19-17/h1-8H/p+1. The van der Waals surface area contributed by atoms with Crippen molar-refractivity contribution >= 4 is 28.8 Å². The molecule has 0 atom stereocenters. The predicted octanol–water partition coefficient (Wildman–Crippen LogP) is 4.17. The average Bonchev–Trinajstić information content (AvgIpc) is 2.74. The van der Waals surface area contributed by atoms with E-state index in [0.717, 1.165) is 11.3 Å². The molecule has 2 aromatic carbocycles. The highest BCUT2D eigenvalue weighted by molar-refractivity contribution is 6.30. The SMILES string of the molecule is N#[N+]C1=C(Nc2ccc(Cl)cc2)c2ccccc2C1=O. The first-order chi connectivity index (χ1) is 9.70. The highest BCUT2D eigenvalue weighted by Crippen LogP contribution is 2.34. The van der Waals surface area contributed by atoms with Gasteiger partial charge in [-0.05, 0) is 24.3 Å². The smallest absolute Gasteiger partial charge is 0.348 e. The van der Waals surface area contributed by atoms with Crippen molar-refractivity contribution < 1.29 is 4.79 Å². The third-order valence-corrected chi connectivity index (χ3v) is 3.36. The molecule has 5 heteroatoms. The molecule has 1 aliphatic rings. The van der Waals surface area contributed by atoms with Crippen LogP contribution in [-0.2, 0) is 0 Å². The molecule has 0 radical (unpaired) electrons. The topological polar surface area (TPSA) is 57.2 Å². The minimum atomic E-state index is -0.292. The molecule has 1 N–H and O–H groups in total. The van der Waals surface area contributed by atoms with Crippen LogP contribution in [0.4, 0.5) is 5.69 Å². The van der Waals surface area contributed by atoms with E-state index in [4.69, 9.17) is 17.0 Å². The number of Topliss-reactive ketones (excluding diaryl/α,β-unsaturated/α-hetero) is 1. The van der Waals surface area contributed by atoms with Crippen LogP contribution in [0.5, 0.6) is 0 Å². The van der Waals surface area contributed by atoms with Gasteiger partial charge in [0.15, 0.2) is 4.98 Å². The van der Waals surface area contributed by atoms with Crippen molar-refractivity contribution in [1.82, 2.24) is 0 Å². The number of hydrogen-bond donors (Lipinski definition) is 1. The molecule has 4 nitrogen and oxygen atoms in total. The molecular formula is C15H9ClN3O+. The molecule has 0 heterocycles. The molecule has 0 bridgehead atoms. The van der Waals surface area contributed by atoms with Crippen LogP contribution in [-0.4, -0.2) is 5.78 Å². The van der Waals surface area contributed by atoms with Crippen molar-refractivity contribution in [2.75, 3.05) is 5.32 Å². The Kier molecular flexibility index (Phi) is 2.97. The van der Waals surface area contributed by atoms with Crippen molar-refractivity contribution in [2.24, 2.45) is 0 Å². The normalized spacial score (nSPS) is 13.1. The van der Waals surface area contributed by atoms with Crippen LogP contribution in [0.3, 0.4) is 0 Å². The number of fused-ring (bicyclic) bond motifs is 1. The summed E-state index contributed by atoms with van der Waals surface area (Å²) in [4.78, 5) is 15.2. The number of diazo groups is 1. The molecule has 0 fully saturated rings. The third kappa shape index (κ3) is 1.94. The summed E-state index contributed by atoms with van der Waals surface area (Å²) in [7, 11) is 0. The van der Waals surface area contributed by atoms with Gasteiger partial charge < -0.3 is 5.32 Å². The fraction of sp³-hybridized carbons (Fsp3) is 0. The van der Waals surface area contributed by atoms with Gasteiger partial charge in [-0.3, -0.25) is 4.79 Å². The highest BCUT2D eigenvalue weighted by atomic mass is 35.5. The number of carbonyl (C=O) groups excluding carboxylic acids is 1. The van der Waals surface area contributed by atoms with Crippen LogP contribution in [0.25, 0.3) is 10.7 Å². The van der Waals surface area contributed by atoms with Gasteiger partial charge >= 0.3 is 5.70 Å². The number of rotatable bonds is 2. The van der Waals surface area contributed by atoms with E-state index in [1.165, 1.54) is 0 Å². The van der Waals surface area contributed by atoms with Gasteiger partial charge in [-0.2, -0.15) is 0 Å². The van der Waals surface area contributed by atoms with Crippen molar-refractivity contribution in [3.05, 3.63) is 75.4 Å². The van der Waals surface area contributed by atoms with Crippen molar-refractivity contribution in [3.8, 4) is 0 Å². The summed E-state index contributed by atoms with van der Waals surface area (Å²) in [5.74, 6) is -0.292. The quantitative estimate of drug-likeness (QED) is 0.841. The number of nitrogens with zero attached hydrogens (tertiary/aromatic N) is 2. The lowest BCUT2D eigenvalue weighted by molar-refractivity contribution is 0.104. The van der Waals surface area contributed by atoms with Gasteiger partial charge in [-0.25, -0.2) is 0 Å². The van der Waals surface area contributed by atoms with Gasteiger partial charge in [-0.15, -0.1) is 0 Å². The second kappa shape index (κ2) is 4.80. The number of halogens is 1. The van der Waals surface area contributed by atoms with E-state index in [-0.39, 0.29) is 11.5 Å². The zero-order valence-corrected chi connectivity index (χ0v) is 11.1. The molecule has 20 heavy (non-hydrogen) atoms. The Morgan fingerprint density at radius 3 is 2.30 bits per heavy atom. The van der Waals surface area contributed by atoms with Gasteiger partial charge in [0.2, 0.25) is 5.39 Å². The molecule has 96 valence electrons. The highest BCUT2D eigenvalue weighted by Gasteiger charge is 2.39. The predicted molar refractivity (Wildman–Crippen MR) is 77.9 cm³/mol. The van der Waals surface area contributed by atoms with Gasteiger partial charge in [0, 0.05) is 21.8 Å². The average molecular weight is 283 g/mol. The first-order valence-electron chi connectivity index (χ1n) is 5.97. The Bertz CT molecular complexity index is 772. The van der Waals surface area contributed by atoms with Gasteiger partial charge in [0.1, 0.15) is 5.70 Å². The lowest BCUT2D eigenvalue weighted by Crippen LogP contribution is -1.98. The summed E-state index contributed by atoms with van der Waals surface area (Å²) in [5.41, 5.74) is 2.52. The Labute approximate surface area is 120 Å². The molecule has 0 aliphatic heterocycles. The number of allylic oxidation sites excluding steroid dienone is 1. The number of hydrogen-bond acceptors (Lipinski definition) is 3. The summed E-state index contributed by atoms with van der Waals surface area (Å²) in [5, 5.41) is 12.8. The van der Waals surface area contributed by atoms with Gasteiger partial charge in [0.25, 0.3) is 5.78 Å². The fourth-order valence-electron chi connectivity index (χ4n) is 2.17. The number of ketones is 1. The molecule has 3 rings (SSSR count). The summed E-state index contributed by atoms with van der Waals surface area (Å²) < 4.78 is 0. The summed E-state index contributed by atoms with van der Waals surface area (Å²) in [6.45, 7) is 0. The number of nitrogens with one attached hydrogen (secondary N) is 1. The molecule has 1 aliphatic carbocycles. The Balaban J connectivity index is 2.07. The maximum absolute atomic E-state index is 12.1. The van der Waals surface area contributed by atoms with E-state index in [2.05, 4.69) is 10.3 Å². The van der Waals surface area contributed by atoms with Crippen molar-refractivity contribution in [3.63, 3.8) is 0 Å². The van der Waals surface area contributed by atoms with Crippen LogP contribution in [0.2, 0.25) is 5.02 Å². The fourth-order valence-corrected chi connectivity index (χ4v) is 2.29. The molecule has 0 spiro atoms. The zero-order valence-electron chi connectivity index (χ0n) is 10.3.